The molecule has 4 bridgehead atoms. The number of ether oxygens (including phenoxy) is 2. The van der Waals surface area contributed by atoms with Crippen molar-refractivity contribution < 1.29 is 29.0 Å². The number of hydrogen-bond acceptors (Lipinski definition) is 6. The van der Waals surface area contributed by atoms with E-state index in [4.69, 9.17) is 9.47 Å². The van der Waals surface area contributed by atoms with E-state index < -0.39 is 11.2 Å². The van der Waals surface area contributed by atoms with Gasteiger partial charge in [-0.2, -0.15) is 0 Å². The topological polar surface area (TPSA) is 89.9 Å². The number of hydrogen-bond donors (Lipinski definition) is 1. The summed E-state index contributed by atoms with van der Waals surface area (Å²) in [4.78, 5) is 37.1. The van der Waals surface area contributed by atoms with Gasteiger partial charge >= 0.3 is 11.9 Å². The zero-order chi connectivity index (χ0) is 32.8. The molecule has 6 nitrogen and oxygen atoms in total. The first-order chi connectivity index (χ1) is 21.1. The Morgan fingerprint density at radius 3 is 1.58 bits per heavy atom. The summed E-state index contributed by atoms with van der Waals surface area (Å²) in [5.74, 6) is 6.74. The van der Waals surface area contributed by atoms with Crippen LogP contribution in [-0.4, -0.2) is 40.1 Å². The van der Waals surface area contributed by atoms with Crippen molar-refractivity contribution in [1.82, 2.24) is 0 Å². The molecule has 256 valence electrons. The molecule has 6 heteroatoms. The first kappa shape index (κ1) is 34.9. The monoisotopic (exact) mass is 628 g/mol. The third-order valence-corrected chi connectivity index (χ3v) is 14.9. The second-order valence-electron chi connectivity index (χ2n) is 17.4. The average Bonchev–Trinajstić information content (AvgIpc) is 3.76. The van der Waals surface area contributed by atoms with Gasteiger partial charge in [-0.25, -0.2) is 0 Å². The lowest BCUT2D eigenvalue weighted by molar-refractivity contribution is -0.174. The van der Waals surface area contributed by atoms with Crippen LogP contribution in [0.15, 0.2) is 0 Å². The molecule has 0 aromatic rings. The Balaban J connectivity index is 0.000000178. The van der Waals surface area contributed by atoms with Crippen LogP contribution in [0, 0.1) is 71.0 Å². The second kappa shape index (κ2) is 13.6. The number of carbonyl (C=O) groups excluding carboxylic acids is 3. The van der Waals surface area contributed by atoms with Crippen molar-refractivity contribution in [3.05, 3.63) is 0 Å². The van der Waals surface area contributed by atoms with Gasteiger partial charge in [-0.3, -0.25) is 14.4 Å². The van der Waals surface area contributed by atoms with E-state index in [2.05, 4.69) is 55.4 Å². The Morgan fingerprint density at radius 1 is 0.689 bits per heavy atom. The average molecular weight is 629 g/mol. The van der Waals surface area contributed by atoms with Gasteiger partial charge in [0.15, 0.2) is 0 Å². The van der Waals surface area contributed by atoms with Crippen LogP contribution in [0.1, 0.15) is 139 Å². The normalized spacial score (nSPS) is 42.6. The minimum atomic E-state index is -0.395. The molecule has 0 amide bonds. The van der Waals surface area contributed by atoms with E-state index in [1.54, 1.807) is 0 Å². The summed E-state index contributed by atoms with van der Waals surface area (Å²) in [6.07, 6.45) is 11.8. The van der Waals surface area contributed by atoms with Crippen molar-refractivity contribution >= 4 is 17.7 Å². The molecule has 6 saturated carbocycles. The number of aliphatic hydroxyl groups excluding tert-OH is 1. The number of fused-ring (bicyclic) bond motifs is 4. The first-order valence-corrected chi connectivity index (χ1v) is 18.8. The summed E-state index contributed by atoms with van der Waals surface area (Å²) in [7, 11) is 0. The number of aliphatic hydroxyl groups is 1. The summed E-state index contributed by atoms with van der Waals surface area (Å²) < 4.78 is 12.1. The van der Waals surface area contributed by atoms with Crippen LogP contribution >= 0.6 is 0 Å². The number of carbonyl (C=O) groups is 3. The van der Waals surface area contributed by atoms with Crippen molar-refractivity contribution in [2.75, 3.05) is 0 Å². The van der Waals surface area contributed by atoms with Crippen LogP contribution < -0.4 is 0 Å². The molecule has 0 saturated heterocycles. The predicted molar refractivity (Wildman–Crippen MR) is 176 cm³/mol. The van der Waals surface area contributed by atoms with E-state index in [9.17, 15) is 19.5 Å². The highest BCUT2D eigenvalue weighted by Crippen LogP contribution is 2.56. The molecule has 0 spiro atoms. The highest BCUT2D eigenvalue weighted by Gasteiger charge is 2.54. The van der Waals surface area contributed by atoms with Gasteiger partial charge in [0.25, 0.3) is 0 Å². The quantitative estimate of drug-likeness (QED) is 0.286. The van der Waals surface area contributed by atoms with Crippen molar-refractivity contribution in [3.63, 3.8) is 0 Å². The molecule has 6 aliphatic carbocycles. The minimum absolute atomic E-state index is 0.0394. The predicted octanol–water partition coefficient (Wildman–Crippen LogP) is 8.17. The Bertz CT molecular complexity index is 1060. The van der Waals surface area contributed by atoms with E-state index in [0.29, 0.717) is 60.1 Å². The molecule has 6 aliphatic rings. The Labute approximate surface area is 273 Å². The SMILES string of the molecule is CC1C2CC(C(=O)OC(C)(C)C3CCC(O)CC3)C(C2)C1C.CCC(C)(OC(=O)C1CC2CC1C(C)C2C)C1CCC(=O)CC1. The molecule has 1 N–H and O–H groups in total. The first-order valence-electron chi connectivity index (χ1n) is 18.8. The molecule has 0 aliphatic heterocycles. The Morgan fingerprint density at radius 2 is 1.16 bits per heavy atom. The fourth-order valence-electron chi connectivity index (χ4n) is 10.9. The van der Waals surface area contributed by atoms with Gasteiger partial charge in [-0.05, 0) is 151 Å². The number of rotatable bonds is 7. The standard InChI is InChI=1S/C20H32O3.C19H32O3/c1-5-20(4,15-6-8-16(21)9-7-15)23-19(22)18-11-14-10-17(18)13(3)12(14)2;1-11-12(2)16-9-13(11)10-17(16)18(21)22-19(3,4)14-5-7-15(20)8-6-14/h12-15,17-18H,5-11H2,1-4H3;11-17,20H,5-10H2,1-4H3. The van der Waals surface area contributed by atoms with Crippen molar-refractivity contribution in [3.8, 4) is 0 Å². The number of Topliss-reactive ketones (excluding diaryl/α,β-unsaturated/α-hetero) is 1. The molecule has 45 heavy (non-hydrogen) atoms. The van der Waals surface area contributed by atoms with Gasteiger partial charge < -0.3 is 14.6 Å². The molecular formula is C39H64O6. The lowest BCUT2D eigenvalue weighted by atomic mass is 9.74. The number of ketones is 1. The molecule has 6 rings (SSSR count). The van der Waals surface area contributed by atoms with Crippen LogP contribution in [0.2, 0.25) is 0 Å². The lowest BCUT2D eigenvalue weighted by Gasteiger charge is -2.40. The summed E-state index contributed by atoms with van der Waals surface area (Å²) in [5, 5.41) is 9.66. The molecule has 0 heterocycles. The largest absolute Gasteiger partial charge is 0.459 e. The Kier molecular flexibility index (Phi) is 10.5. The molecule has 0 aromatic carbocycles. The van der Waals surface area contributed by atoms with E-state index in [-0.39, 0.29) is 29.9 Å². The maximum atomic E-state index is 12.9. The molecule has 0 aromatic heterocycles. The van der Waals surface area contributed by atoms with Crippen molar-refractivity contribution in [2.24, 2.45) is 71.0 Å². The van der Waals surface area contributed by atoms with Gasteiger partial charge in [-0.15, -0.1) is 0 Å². The van der Waals surface area contributed by atoms with Crippen LogP contribution in [-0.2, 0) is 23.9 Å². The van der Waals surface area contributed by atoms with Crippen LogP contribution in [0.25, 0.3) is 0 Å². The minimum Gasteiger partial charge on any atom is -0.459 e. The third kappa shape index (κ3) is 7.07. The van der Waals surface area contributed by atoms with Crippen LogP contribution in [0.5, 0.6) is 0 Å². The summed E-state index contributed by atoms with van der Waals surface area (Å²) in [5.41, 5.74) is -0.789. The molecule has 0 radical (unpaired) electrons. The van der Waals surface area contributed by atoms with Crippen LogP contribution in [0.4, 0.5) is 0 Å². The highest BCUT2D eigenvalue weighted by molar-refractivity contribution is 5.79. The summed E-state index contributed by atoms with van der Waals surface area (Å²) in [6.45, 7) is 17.6. The fourth-order valence-corrected chi connectivity index (χ4v) is 10.9. The van der Waals surface area contributed by atoms with Gasteiger partial charge in [-0.1, -0.05) is 34.6 Å². The molecule has 6 fully saturated rings. The van der Waals surface area contributed by atoms with E-state index in [1.165, 1.54) is 12.8 Å². The lowest BCUT2D eigenvalue weighted by Crippen LogP contribution is -2.44. The summed E-state index contributed by atoms with van der Waals surface area (Å²) >= 11 is 0. The highest BCUT2D eigenvalue weighted by atomic mass is 16.6. The van der Waals surface area contributed by atoms with Crippen molar-refractivity contribution in [1.29, 1.82) is 0 Å². The zero-order valence-electron chi connectivity index (χ0n) is 29.7. The number of esters is 2. The Hall–Kier alpha value is -1.43. The van der Waals surface area contributed by atoms with Gasteiger partial charge in [0.1, 0.15) is 17.0 Å². The molecule has 11 atom stereocenters. The molecular weight excluding hydrogens is 564 g/mol. The smallest absolute Gasteiger partial charge is 0.309 e. The fraction of sp³-hybridized carbons (Fsp3) is 0.923. The molecule has 11 unspecified atom stereocenters. The van der Waals surface area contributed by atoms with Crippen LogP contribution in [0.3, 0.4) is 0 Å². The maximum absolute atomic E-state index is 12.9. The van der Waals surface area contributed by atoms with Gasteiger partial charge in [0.2, 0.25) is 0 Å². The van der Waals surface area contributed by atoms with Gasteiger partial charge in [0.05, 0.1) is 17.9 Å². The van der Waals surface area contributed by atoms with Crippen molar-refractivity contribution in [2.45, 2.75) is 156 Å². The van der Waals surface area contributed by atoms with E-state index >= 15 is 0 Å². The zero-order valence-corrected chi connectivity index (χ0v) is 29.7. The third-order valence-electron chi connectivity index (χ3n) is 14.9. The van der Waals surface area contributed by atoms with E-state index in [0.717, 1.165) is 75.5 Å². The van der Waals surface area contributed by atoms with Gasteiger partial charge in [0, 0.05) is 12.8 Å². The maximum Gasteiger partial charge on any atom is 0.309 e. The van der Waals surface area contributed by atoms with E-state index in [1.807, 2.05) is 0 Å². The second-order valence-corrected chi connectivity index (χ2v) is 17.4. The summed E-state index contributed by atoms with van der Waals surface area (Å²) in [6, 6.07) is 0.